The van der Waals surface area contributed by atoms with Crippen LogP contribution in [0.1, 0.15) is 23.4 Å². The number of benzene rings is 1. The summed E-state index contributed by atoms with van der Waals surface area (Å²) in [5, 5.41) is 0. The summed E-state index contributed by atoms with van der Waals surface area (Å²) in [6, 6.07) is 5.61. The summed E-state index contributed by atoms with van der Waals surface area (Å²) >= 11 is 1.57. The molecule has 0 radical (unpaired) electrons. The van der Waals surface area contributed by atoms with Gasteiger partial charge in [0, 0.05) is 23.9 Å². The Balaban J connectivity index is 2.18. The Kier molecular flexibility index (Phi) is 4.17. The summed E-state index contributed by atoms with van der Waals surface area (Å²) in [7, 11) is 1.63. The van der Waals surface area contributed by atoms with E-state index in [1.807, 2.05) is 25.1 Å². The second kappa shape index (κ2) is 5.84. The molecule has 2 N–H and O–H groups in total. The van der Waals surface area contributed by atoms with Crippen LogP contribution in [0.5, 0.6) is 11.5 Å². The summed E-state index contributed by atoms with van der Waals surface area (Å²) < 4.78 is 11.0. The second-order valence-electron chi connectivity index (χ2n) is 3.95. The molecule has 96 valence electrons. The Hall–Kier alpha value is -1.59. The number of nitrogens with zero attached hydrogens (tertiary/aromatic N) is 1. The molecular weight excluding hydrogens is 248 g/mol. The van der Waals surface area contributed by atoms with Crippen molar-refractivity contribution in [2.45, 2.75) is 19.6 Å². The predicted octanol–water partition coefficient (Wildman–Crippen LogP) is 2.75. The van der Waals surface area contributed by atoms with Crippen molar-refractivity contribution in [2.24, 2.45) is 5.73 Å². The smallest absolute Gasteiger partial charge is 0.128 e. The lowest BCUT2D eigenvalue weighted by molar-refractivity contribution is 0.302. The molecule has 0 spiro atoms. The molecule has 0 unspecified atom stereocenters. The van der Waals surface area contributed by atoms with Crippen LogP contribution in [0.4, 0.5) is 0 Å². The van der Waals surface area contributed by atoms with E-state index in [9.17, 15) is 0 Å². The van der Waals surface area contributed by atoms with Gasteiger partial charge in [0.1, 0.15) is 18.1 Å². The molecule has 2 rings (SSSR count). The van der Waals surface area contributed by atoms with Crippen molar-refractivity contribution in [2.75, 3.05) is 7.11 Å². The van der Waals surface area contributed by atoms with Gasteiger partial charge in [-0.15, -0.1) is 11.3 Å². The van der Waals surface area contributed by atoms with E-state index in [0.29, 0.717) is 6.61 Å². The van der Waals surface area contributed by atoms with E-state index in [1.54, 1.807) is 30.2 Å². The first-order valence-corrected chi connectivity index (χ1v) is 6.52. The lowest BCUT2D eigenvalue weighted by atomic mass is 10.1. The second-order valence-corrected chi connectivity index (χ2v) is 4.92. The SMILES string of the molecule is COc1ccc([C@H](C)N)c(OCc2cncs2)c1. The third kappa shape index (κ3) is 3.00. The standard InChI is InChI=1S/C13H16N2O2S/c1-9(14)12-4-3-10(16-2)5-13(12)17-7-11-6-15-8-18-11/h3-6,8-9H,7,14H2,1-2H3/t9-/m0/s1. The Bertz CT molecular complexity index is 498. The van der Waals surface area contributed by atoms with Gasteiger partial charge in [-0.3, -0.25) is 4.98 Å². The molecule has 0 aliphatic carbocycles. The van der Waals surface area contributed by atoms with Crippen molar-refractivity contribution in [3.05, 3.63) is 40.3 Å². The van der Waals surface area contributed by atoms with E-state index >= 15 is 0 Å². The number of hydrogen-bond acceptors (Lipinski definition) is 5. The number of hydrogen-bond donors (Lipinski definition) is 1. The number of thiazole rings is 1. The molecule has 0 fully saturated rings. The van der Waals surface area contributed by atoms with Crippen LogP contribution >= 0.6 is 11.3 Å². The first kappa shape index (κ1) is 12.9. The fourth-order valence-corrected chi connectivity index (χ4v) is 2.11. The van der Waals surface area contributed by atoms with E-state index in [-0.39, 0.29) is 6.04 Å². The molecule has 0 amide bonds. The first-order valence-electron chi connectivity index (χ1n) is 5.64. The molecule has 2 aromatic rings. The van der Waals surface area contributed by atoms with Gasteiger partial charge in [0.2, 0.25) is 0 Å². The van der Waals surface area contributed by atoms with Crippen LogP contribution in [0.3, 0.4) is 0 Å². The zero-order valence-corrected chi connectivity index (χ0v) is 11.2. The van der Waals surface area contributed by atoms with Crippen LogP contribution in [0.15, 0.2) is 29.9 Å². The normalized spacial score (nSPS) is 12.2. The zero-order chi connectivity index (χ0) is 13.0. The molecule has 0 aliphatic heterocycles. The molecule has 0 bridgehead atoms. The fraction of sp³-hybridized carbons (Fsp3) is 0.308. The summed E-state index contributed by atoms with van der Waals surface area (Å²) in [5.41, 5.74) is 8.69. The Morgan fingerprint density at radius 1 is 1.44 bits per heavy atom. The molecule has 4 nitrogen and oxygen atoms in total. The Morgan fingerprint density at radius 2 is 2.28 bits per heavy atom. The highest BCUT2D eigenvalue weighted by molar-refractivity contribution is 7.09. The molecule has 18 heavy (non-hydrogen) atoms. The Morgan fingerprint density at radius 3 is 2.89 bits per heavy atom. The van der Waals surface area contributed by atoms with E-state index in [4.69, 9.17) is 15.2 Å². The van der Waals surface area contributed by atoms with Crippen LogP contribution in [0, 0.1) is 0 Å². The molecule has 1 atom stereocenters. The van der Waals surface area contributed by atoms with E-state index in [0.717, 1.165) is 21.9 Å². The summed E-state index contributed by atoms with van der Waals surface area (Å²) in [5.74, 6) is 1.52. The summed E-state index contributed by atoms with van der Waals surface area (Å²) in [6.45, 7) is 2.43. The van der Waals surface area contributed by atoms with E-state index < -0.39 is 0 Å². The molecule has 1 heterocycles. The quantitative estimate of drug-likeness (QED) is 0.902. The number of aromatic nitrogens is 1. The van der Waals surface area contributed by atoms with E-state index in [2.05, 4.69) is 4.98 Å². The highest BCUT2D eigenvalue weighted by Crippen LogP contribution is 2.29. The van der Waals surface area contributed by atoms with Gasteiger partial charge in [-0.2, -0.15) is 0 Å². The number of nitrogens with two attached hydrogens (primary N) is 1. The van der Waals surface area contributed by atoms with Crippen molar-refractivity contribution >= 4 is 11.3 Å². The van der Waals surface area contributed by atoms with Crippen LogP contribution in [0.2, 0.25) is 0 Å². The number of ether oxygens (including phenoxy) is 2. The van der Waals surface area contributed by atoms with Crippen LogP contribution in [0.25, 0.3) is 0 Å². The van der Waals surface area contributed by atoms with Gasteiger partial charge in [0.05, 0.1) is 17.5 Å². The van der Waals surface area contributed by atoms with Gasteiger partial charge >= 0.3 is 0 Å². The molecule has 5 heteroatoms. The topological polar surface area (TPSA) is 57.4 Å². The minimum absolute atomic E-state index is 0.0765. The average molecular weight is 264 g/mol. The van der Waals surface area contributed by atoms with Gasteiger partial charge in [-0.1, -0.05) is 6.07 Å². The fourth-order valence-electron chi connectivity index (χ4n) is 1.61. The highest BCUT2D eigenvalue weighted by atomic mass is 32.1. The molecule has 0 aliphatic rings. The van der Waals surface area contributed by atoms with Crippen molar-refractivity contribution in [3.8, 4) is 11.5 Å². The van der Waals surface area contributed by atoms with Crippen LogP contribution < -0.4 is 15.2 Å². The monoisotopic (exact) mass is 264 g/mol. The maximum absolute atomic E-state index is 5.92. The first-order chi connectivity index (χ1) is 8.70. The van der Waals surface area contributed by atoms with Crippen LogP contribution in [-0.2, 0) is 6.61 Å². The van der Waals surface area contributed by atoms with Gasteiger partial charge in [-0.25, -0.2) is 0 Å². The highest BCUT2D eigenvalue weighted by Gasteiger charge is 2.10. The number of methoxy groups -OCH3 is 1. The van der Waals surface area contributed by atoms with Gasteiger partial charge in [-0.05, 0) is 13.0 Å². The third-order valence-corrected chi connectivity index (χ3v) is 3.32. The van der Waals surface area contributed by atoms with Crippen molar-refractivity contribution in [1.82, 2.24) is 4.98 Å². The molecule has 0 saturated heterocycles. The summed E-state index contributed by atoms with van der Waals surface area (Å²) in [4.78, 5) is 5.09. The molecule has 1 aromatic carbocycles. The largest absolute Gasteiger partial charge is 0.497 e. The predicted molar refractivity (Wildman–Crippen MR) is 72.0 cm³/mol. The van der Waals surface area contributed by atoms with Crippen molar-refractivity contribution in [3.63, 3.8) is 0 Å². The minimum Gasteiger partial charge on any atom is -0.497 e. The van der Waals surface area contributed by atoms with Crippen molar-refractivity contribution in [1.29, 1.82) is 0 Å². The Labute approximate surface area is 110 Å². The lowest BCUT2D eigenvalue weighted by Gasteiger charge is -2.14. The van der Waals surface area contributed by atoms with Crippen LogP contribution in [-0.4, -0.2) is 12.1 Å². The third-order valence-electron chi connectivity index (χ3n) is 2.56. The van der Waals surface area contributed by atoms with Gasteiger partial charge < -0.3 is 15.2 Å². The lowest BCUT2D eigenvalue weighted by Crippen LogP contribution is -2.08. The molecule has 1 aromatic heterocycles. The summed E-state index contributed by atoms with van der Waals surface area (Å²) in [6.07, 6.45) is 1.80. The van der Waals surface area contributed by atoms with E-state index in [1.165, 1.54) is 0 Å². The van der Waals surface area contributed by atoms with Crippen molar-refractivity contribution < 1.29 is 9.47 Å². The van der Waals surface area contributed by atoms with Gasteiger partial charge in [0.25, 0.3) is 0 Å². The van der Waals surface area contributed by atoms with Gasteiger partial charge in [0.15, 0.2) is 0 Å². The number of rotatable bonds is 5. The maximum Gasteiger partial charge on any atom is 0.128 e. The maximum atomic E-state index is 5.92. The molecule has 0 saturated carbocycles. The average Bonchev–Trinajstić information content (AvgIpc) is 2.88. The zero-order valence-electron chi connectivity index (χ0n) is 10.4. The minimum atomic E-state index is -0.0765. The molecular formula is C13H16N2O2S.